The van der Waals surface area contributed by atoms with E-state index in [-0.39, 0.29) is 5.84 Å². The molecule has 230 valence electrons. The lowest BCUT2D eigenvalue weighted by molar-refractivity contribution is 0.108. The molecule has 0 amide bonds. The smallest absolute Gasteiger partial charge is 0.252 e. The first-order valence-corrected chi connectivity index (χ1v) is 15.1. The molecule has 14 heteroatoms. The second-order valence-electron chi connectivity index (χ2n) is 8.57. The average molecular weight is 761 g/mol. The predicted octanol–water partition coefficient (Wildman–Crippen LogP) is 6.74. The largest absolute Gasteiger partial charge is 0.380 e. The van der Waals surface area contributed by atoms with Crippen LogP contribution in [0.5, 0.6) is 0 Å². The van der Waals surface area contributed by atoms with Crippen molar-refractivity contribution in [1.82, 2.24) is 30.1 Å². The Balaban J connectivity index is 0.000000178. The highest BCUT2D eigenvalue weighted by molar-refractivity contribution is 9.10. The summed E-state index contributed by atoms with van der Waals surface area (Å²) in [7, 11) is 0. The van der Waals surface area contributed by atoms with E-state index in [2.05, 4.69) is 67.1 Å². The molecule has 0 saturated heterocycles. The molecule has 0 saturated carbocycles. The number of rotatable bonds is 4. The summed E-state index contributed by atoms with van der Waals surface area (Å²) in [6.45, 7) is 0. The minimum atomic E-state index is -0.424. The molecule has 2 aromatic carbocycles. The van der Waals surface area contributed by atoms with Gasteiger partial charge in [0.15, 0.2) is 17.5 Å². The second kappa shape index (κ2) is 19.2. The molecule has 6 aromatic rings. The number of hydrogen-bond donors (Lipinski definition) is 3. The lowest BCUT2D eigenvalue weighted by Crippen LogP contribution is -2.16. The van der Waals surface area contributed by atoms with Crippen LogP contribution in [0.1, 0.15) is 21.7 Å². The first kappa shape index (κ1) is 35.2. The maximum atomic E-state index is 10.5. The maximum Gasteiger partial charge on any atom is 0.252 e. The Morgan fingerprint density at radius 2 is 1.39 bits per heavy atom. The summed E-state index contributed by atoms with van der Waals surface area (Å²) in [5, 5.41) is 18.2. The third-order valence-electron chi connectivity index (χ3n) is 5.41. The molecule has 0 radical (unpaired) electrons. The SMILES string of the molecule is Brc1ccc(-c2n[nH]c(-c3ccccn3)n2)cc1.N#Cc1ccccn1.NN=C(N)c1ccccn1.O=C(Cl)c1ccc(Br)cc1. The zero-order valence-electron chi connectivity index (χ0n) is 23.9. The normalized spacial score (nSPS) is 10.0. The number of nitrogens with one attached hydrogen (secondary N) is 1. The fourth-order valence-electron chi connectivity index (χ4n) is 3.20. The van der Waals surface area contributed by atoms with E-state index in [9.17, 15) is 4.79 Å². The highest BCUT2D eigenvalue weighted by atomic mass is 79.9. The molecule has 6 rings (SSSR count). The van der Waals surface area contributed by atoms with Crippen LogP contribution in [0.15, 0.2) is 136 Å². The summed E-state index contributed by atoms with van der Waals surface area (Å²) in [5.74, 6) is 6.52. The molecule has 4 aromatic heterocycles. The molecule has 5 N–H and O–H groups in total. The van der Waals surface area contributed by atoms with Crippen LogP contribution >= 0.6 is 43.5 Å². The number of halogens is 3. The van der Waals surface area contributed by atoms with Crippen molar-refractivity contribution < 1.29 is 4.79 Å². The van der Waals surface area contributed by atoms with Crippen LogP contribution in [0.25, 0.3) is 22.9 Å². The van der Waals surface area contributed by atoms with Crippen LogP contribution in [0.3, 0.4) is 0 Å². The minimum Gasteiger partial charge on any atom is -0.380 e. The maximum absolute atomic E-state index is 10.5. The van der Waals surface area contributed by atoms with Gasteiger partial charge in [-0.1, -0.05) is 62.2 Å². The van der Waals surface area contributed by atoms with Crippen LogP contribution < -0.4 is 11.6 Å². The van der Waals surface area contributed by atoms with Crippen LogP contribution in [0, 0.1) is 11.3 Å². The van der Waals surface area contributed by atoms with Crippen LogP contribution in [0.4, 0.5) is 0 Å². The summed E-state index contributed by atoms with van der Waals surface area (Å²) in [5.41, 5.74) is 8.70. The molecule has 0 bridgehead atoms. The number of hydrazone groups is 1. The number of carbonyl (C=O) groups excluding carboxylic acids is 1. The molecule has 0 aliphatic rings. The number of hydrogen-bond acceptors (Lipinski definition) is 9. The standard InChI is InChI=1S/C13H9BrN4.C7H4BrClO.C6H8N4.C6H4N2/c14-10-6-4-9(5-7-10)12-16-13(18-17-12)11-3-1-2-8-15-11;8-6-3-1-5(2-4-6)7(9)10;7-6(10-8)5-3-1-2-4-9-5;7-5-6-3-1-2-4-8-6/h1-8H,(H,16,17,18);1-4H;1-4H,8H2,(H2,7,10);1-4H. The van der Waals surface area contributed by atoms with Crippen LogP contribution in [-0.4, -0.2) is 41.2 Å². The van der Waals surface area contributed by atoms with E-state index in [0.717, 1.165) is 20.2 Å². The number of aromatic nitrogens is 6. The molecular formula is C32H25Br2ClN10O. The summed E-state index contributed by atoms with van der Waals surface area (Å²) in [6, 6.07) is 32.9. The number of nitrogens with zero attached hydrogens (tertiary/aromatic N) is 7. The van der Waals surface area contributed by atoms with E-state index >= 15 is 0 Å². The second-order valence-corrected chi connectivity index (χ2v) is 10.7. The minimum absolute atomic E-state index is 0.251. The van der Waals surface area contributed by atoms with Crippen molar-refractivity contribution in [1.29, 1.82) is 5.26 Å². The Morgan fingerprint density at radius 1 is 0.804 bits per heavy atom. The lowest BCUT2D eigenvalue weighted by atomic mass is 10.2. The molecule has 0 aliphatic heterocycles. The first-order chi connectivity index (χ1) is 22.3. The number of benzene rings is 2. The zero-order valence-corrected chi connectivity index (χ0v) is 27.8. The van der Waals surface area contributed by atoms with Crippen molar-refractivity contribution in [2.24, 2.45) is 16.7 Å². The van der Waals surface area contributed by atoms with Gasteiger partial charge in [-0.25, -0.2) is 9.97 Å². The van der Waals surface area contributed by atoms with Gasteiger partial charge in [0.05, 0.1) is 0 Å². The zero-order chi connectivity index (χ0) is 33.1. The van der Waals surface area contributed by atoms with E-state index in [0.29, 0.717) is 28.6 Å². The highest BCUT2D eigenvalue weighted by Gasteiger charge is 2.08. The van der Waals surface area contributed by atoms with Crippen molar-refractivity contribution in [2.45, 2.75) is 0 Å². The van der Waals surface area contributed by atoms with Gasteiger partial charge in [-0.2, -0.15) is 15.5 Å². The van der Waals surface area contributed by atoms with Gasteiger partial charge < -0.3 is 11.6 Å². The van der Waals surface area contributed by atoms with Gasteiger partial charge in [0.1, 0.15) is 23.2 Å². The molecule has 0 aliphatic carbocycles. The third kappa shape index (κ3) is 12.0. The Morgan fingerprint density at radius 3 is 1.87 bits per heavy atom. The number of aromatic amines is 1. The van der Waals surface area contributed by atoms with E-state index < -0.39 is 5.24 Å². The third-order valence-corrected chi connectivity index (χ3v) is 6.69. The number of pyridine rings is 3. The van der Waals surface area contributed by atoms with Gasteiger partial charge >= 0.3 is 0 Å². The molecule has 46 heavy (non-hydrogen) atoms. The predicted molar refractivity (Wildman–Crippen MR) is 185 cm³/mol. The van der Waals surface area contributed by atoms with Gasteiger partial charge in [0.2, 0.25) is 0 Å². The van der Waals surface area contributed by atoms with Crippen molar-refractivity contribution in [3.63, 3.8) is 0 Å². The van der Waals surface area contributed by atoms with E-state index in [1.807, 2.05) is 54.6 Å². The summed E-state index contributed by atoms with van der Waals surface area (Å²) >= 11 is 11.8. The number of H-pyrrole nitrogens is 1. The number of carbonyl (C=O) groups is 1. The van der Waals surface area contributed by atoms with E-state index in [1.165, 1.54) is 0 Å². The van der Waals surface area contributed by atoms with E-state index in [4.69, 9.17) is 28.4 Å². The number of amidine groups is 1. The van der Waals surface area contributed by atoms with Gasteiger partial charge in [0.25, 0.3) is 5.24 Å². The molecular weight excluding hydrogens is 736 g/mol. The Hall–Kier alpha value is -5.29. The highest BCUT2D eigenvalue weighted by Crippen LogP contribution is 2.20. The summed E-state index contributed by atoms with van der Waals surface area (Å²) < 4.78 is 1.97. The van der Waals surface area contributed by atoms with Crippen LogP contribution in [-0.2, 0) is 0 Å². The van der Waals surface area contributed by atoms with E-state index in [1.54, 1.807) is 73.2 Å². The van der Waals surface area contributed by atoms with Gasteiger partial charge in [0, 0.05) is 38.7 Å². The lowest BCUT2D eigenvalue weighted by Gasteiger charge is -1.94. The Bertz CT molecular complexity index is 1850. The van der Waals surface area contributed by atoms with Gasteiger partial charge in [-0.15, -0.1) is 0 Å². The number of nitrogens with two attached hydrogens (primary N) is 2. The fourth-order valence-corrected chi connectivity index (χ4v) is 3.85. The van der Waals surface area contributed by atoms with Crippen molar-refractivity contribution >= 4 is 54.5 Å². The first-order valence-electron chi connectivity index (χ1n) is 13.1. The molecule has 0 atom stereocenters. The molecule has 11 nitrogen and oxygen atoms in total. The fraction of sp³-hybridized carbons (Fsp3) is 0. The summed E-state index contributed by atoms with van der Waals surface area (Å²) in [6.07, 6.45) is 4.96. The monoisotopic (exact) mass is 758 g/mol. The Kier molecular flexibility index (Phi) is 14.7. The van der Waals surface area contributed by atoms with Crippen molar-refractivity contribution in [3.05, 3.63) is 148 Å². The Labute approximate surface area is 286 Å². The molecule has 4 heterocycles. The van der Waals surface area contributed by atoms with Crippen LogP contribution in [0.2, 0.25) is 0 Å². The molecule has 0 unspecified atom stereocenters. The number of nitriles is 1. The van der Waals surface area contributed by atoms with Crippen molar-refractivity contribution in [2.75, 3.05) is 0 Å². The molecule has 0 spiro atoms. The molecule has 0 fully saturated rings. The quantitative estimate of drug-likeness (QED) is 0.0576. The van der Waals surface area contributed by atoms with Gasteiger partial charge in [-0.05, 0) is 84.4 Å². The van der Waals surface area contributed by atoms with Crippen molar-refractivity contribution in [3.8, 4) is 29.0 Å². The topological polar surface area (TPSA) is 186 Å². The summed E-state index contributed by atoms with van der Waals surface area (Å²) in [4.78, 5) is 26.8. The average Bonchev–Trinajstić information content (AvgIpc) is 3.61. The van der Waals surface area contributed by atoms with Gasteiger partial charge in [-0.3, -0.25) is 19.9 Å².